The maximum atomic E-state index is 5.37. The number of nitrogens with zero attached hydrogens (tertiary/aromatic N) is 3. The van der Waals surface area contributed by atoms with E-state index in [1.165, 1.54) is 18.4 Å². The molecule has 0 unspecified atom stereocenters. The first-order valence-corrected chi connectivity index (χ1v) is 6.10. The fourth-order valence-corrected chi connectivity index (χ4v) is 1.77. The molecule has 5 nitrogen and oxygen atoms in total. The number of piperazine rings is 1. The van der Waals surface area contributed by atoms with E-state index in [-0.39, 0.29) is 0 Å². The van der Waals surface area contributed by atoms with Gasteiger partial charge in [-0.1, -0.05) is 26.8 Å². The van der Waals surface area contributed by atoms with Crippen LogP contribution in [-0.4, -0.2) is 48.6 Å². The van der Waals surface area contributed by atoms with Gasteiger partial charge in [-0.25, -0.2) is 0 Å². The molecule has 0 saturated carbocycles. The van der Waals surface area contributed by atoms with Crippen molar-refractivity contribution in [3.63, 3.8) is 0 Å². The van der Waals surface area contributed by atoms with Crippen LogP contribution < -0.4 is 5.53 Å². The number of likely N-dealkylation sites (N-methyl/N-ethyl adjacent to an activating group) is 1. The average molecular weight is 240 g/mol. The molecule has 0 amide bonds. The molecule has 2 heterocycles. The molecule has 2 aliphatic rings. The number of hydrogen-bond acceptors (Lipinski definition) is 5. The minimum absolute atomic E-state index is 0.839. The second-order valence-corrected chi connectivity index (χ2v) is 4.29. The highest BCUT2D eigenvalue weighted by molar-refractivity contribution is 5.14. The first-order valence-electron chi connectivity index (χ1n) is 6.10. The zero-order chi connectivity index (χ0) is 12.8. The molecule has 0 spiro atoms. The Balaban J connectivity index is 0.000000437. The van der Waals surface area contributed by atoms with Gasteiger partial charge in [0, 0.05) is 26.7 Å². The van der Waals surface area contributed by atoms with Crippen molar-refractivity contribution >= 4 is 0 Å². The lowest BCUT2D eigenvalue weighted by molar-refractivity contribution is 0.0881. The van der Waals surface area contributed by atoms with E-state index >= 15 is 0 Å². The van der Waals surface area contributed by atoms with Gasteiger partial charge in [-0.15, -0.1) is 5.53 Å². The van der Waals surface area contributed by atoms with Crippen molar-refractivity contribution in [2.45, 2.75) is 20.3 Å². The fraction of sp³-hybridized carbons (Fsp3) is 0.667. The maximum absolute atomic E-state index is 5.37. The summed E-state index contributed by atoms with van der Waals surface area (Å²) in [5.41, 5.74) is 4.37. The van der Waals surface area contributed by atoms with Crippen molar-refractivity contribution in [2.24, 2.45) is 0 Å². The summed E-state index contributed by atoms with van der Waals surface area (Å²) < 4.78 is 5.37. The highest BCUT2D eigenvalue weighted by Gasteiger charge is 2.31. The van der Waals surface area contributed by atoms with Crippen LogP contribution in [0.2, 0.25) is 0 Å². The van der Waals surface area contributed by atoms with Gasteiger partial charge >= 0.3 is 0 Å². The fourth-order valence-electron chi connectivity index (χ4n) is 1.77. The molecule has 5 heteroatoms. The van der Waals surface area contributed by atoms with Gasteiger partial charge < -0.3 is 4.74 Å². The van der Waals surface area contributed by atoms with Crippen LogP contribution in [0.15, 0.2) is 24.4 Å². The summed E-state index contributed by atoms with van der Waals surface area (Å²) in [5, 5.41) is 3.98. The summed E-state index contributed by atoms with van der Waals surface area (Å²) >= 11 is 0. The molecule has 0 radical (unpaired) electrons. The molecule has 0 atom stereocenters. The molecule has 0 aliphatic carbocycles. The number of ether oxygens (including phenoxy) is 1. The van der Waals surface area contributed by atoms with Gasteiger partial charge in [-0.05, 0) is 7.05 Å². The highest BCUT2D eigenvalue weighted by atomic mass is 16.5. The first-order chi connectivity index (χ1) is 8.13. The molecule has 1 N–H and O–H groups in total. The molecule has 1 saturated heterocycles. The van der Waals surface area contributed by atoms with E-state index in [1.807, 2.05) is 12.1 Å². The van der Waals surface area contributed by atoms with Gasteiger partial charge in [0.05, 0.1) is 6.26 Å². The van der Waals surface area contributed by atoms with E-state index in [2.05, 4.69) is 42.9 Å². The van der Waals surface area contributed by atoms with Gasteiger partial charge in [0.2, 0.25) is 5.88 Å². The zero-order valence-corrected chi connectivity index (χ0v) is 11.4. The standard InChI is InChI=1S/C9H16N4O.C3H8/c1-4-14-9-8-7-11(2)5-6-13(8)10-12(9)3;1-3-2/h4,10H,1,5-7H2,2-3H3;3H2,1-2H3. The zero-order valence-electron chi connectivity index (χ0n) is 11.4. The van der Waals surface area contributed by atoms with Gasteiger partial charge in [-0.2, -0.15) is 0 Å². The van der Waals surface area contributed by atoms with Crippen LogP contribution in [-0.2, 0) is 4.74 Å². The molecular formula is C12H24N4O. The Labute approximate surface area is 104 Å². The molecule has 1 fully saturated rings. The highest BCUT2D eigenvalue weighted by Crippen LogP contribution is 2.22. The molecule has 98 valence electrons. The number of nitrogens with one attached hydrogen (secondary N) is 1. The third kappa shape index (κ3) is 3.38. The van der Waals surface area contributed by atoms with Crippen LogP contribution >= 0.6 is 0 Å². The van der Waals surface area contributed by atoms with E-state index in [4.69, 9.17) is 4.74 Å². The number of rotatable bonds is 2. The SMILES string of the molecule is C=COC1=C2CN(C)CCN2NN1C.CCC. The Morgan fingerprint density at radius 2 is 2.00 bits per heavy atom. The summed E-state index contributed by atoms with van der Waals surface area (Å²) in [6.45, 7) is 10.8. The number of fused-ring (bicyclic) bond motifs is 1. The van der Waals surface area contributed by atoms with Gasteiger partial charge in [0.15, 0.2) is 0 Å². The third-order valence-electron chi connectivity index (χ3n) is 2.47. The Hall–Kier alpha value is -1.20. The molecule has 2 rings (SSSR count). The van der Waals surface area contributed by atoms with Crippen LogP contribution in [0.5, 0.6) is 0 Å². The van der Waals surface area contributed by atoms with Crippen LogP contribution in [0.25, 0.3) is 0 Å². The number of hydrazine groups is 2. The van der Waals surface area contributed by atoms with Crippen LogP contribution in [0.3, 0.4) is 0 Å². The molecule has 0 aromatic rings. The monoisotopic (exact) mass is 240 g/mol. The molecule has 17 heavy (non-hydrogen) atoms. The lowest BCUT2D eigenvalue weighted by Crippen LogP contribution is -2.47. The second kappa shape index (κ2) is 6.51. The lowest BCUT2D eigenvalue weighted by Gasteiger charge is -2.31. The van der Waals surface area contributed by atoms with Crippen molar-refractivity contribution in [1.82, 2.24) is 20.5 Å². The molecule has 0 aromatic heterocycles. The first kappa shape index (κ1) is 13.9. The van der Waals surface area contributed by atoms with E-state index in [9.17, 15) is 0 Å². The van der Waals surface area contributed by atoms with Gasteiger partial charge in [-0.3, -0.25) is 14.9 Å². The topological polar surface area (TPSA) is 31.0 Å². The second-order valence-electron chi connectivity index (χ2n) is 4.29. The Kier molecular flexibility index (Phi) is 5.31. The minimum atomic E-state index is 0.839. The van der Waals surface area contributed by atoms with E-state index in [0.717, 1.165) is 25.5 Å². The van der Waals surface area contributed by atoms with Gasteiger partial charge in [0.25, 0.3) is 0 Å². The molecular weight excluding hydrogens is 216 g/mol. The predicted molar refractivity (Wildman–Crippen MR) is 69.4 cm³/mol. The largest absolute Gasteiger partial charge is 0.446 e. The van der Waals surface area contributed by atoms with Crippen molar-refractivity contribution in [2.75, 3.05) is 33.7 Å². The summed E-state index contributed by atoms with van der Waals surface area (Å²) in [7, 11) is 4.04. The van der Waals surface area contributed by atoms with Crippen molar-refractivity contribution in [1.29, 1.82) is 0 Å². The van der Waals surface area contributed by atoms with Crippen LogP contribution in [0.1, 0.15) is 20.3 Å². The molecule has 2 aliphatic heterocycles. The Bertz CT molecular complexity index is 290. The van der Waals surface area contributed by atoms with Gasteiger partial charge in [0.1, 0.15) is 5.70 Å². The maximum Gasteiger partial charge on any atom is 0.232 e. The Morgan fingerprint density at radius 3 is 2.59 bits per heavy atom. The average Bonchev–Trinajstić information content (AvgIpc) is 2.58. The van der Waals surface area contributed by atoms with Crippen molar-refractivity contribution < 1.29 is 4.74 Å². The third-order valence-corrected chi connectivity index (χ3v) is 2.47. The number of hydrogen-bond donors (Lipinski definition) is 1. The van der Waals surface area contributed by atoms with E-state index in [1.54, 1.807) is 0 Å². The van der Waals surface area contributed by atoms with Crippen molar-refractivity contribution in [3.05, 3.63) is 24.4 Å². The van der Waals surface area contributed by atoms with E-state index < -0.39 is 0 Å². The molecule has 0 bridgehead atoms. The predicted octanol–water partition coefficient (Wildman–Crippen LogP) is 1.34. The quantitative estimate of drug-likeness (QED) is 0.736. The van der Waals surface area contributed by atoms with Crippen molar-refractivity contribution in [3.8, 4) is 0 Å². The van der Waals surface area contributed by atoms with E-state index in [0.29, 0.717) is 0 Å². The van der Waals surface area contributed by atoms with Crippen LogP contribution in [0, 0.1) is 0 Å². The normalized spacial score (nSPS) is 19.8. The minimum Gasteiger partial charge on any atom is -0.446 e. The lowest BCUT2D eigenvalue weighted by atomic mass is 10.3. The smallest absolute Gasteiger partial charge is 0.232 e. The summed E-state index contributed by atoms with van der Waals surface area (Å²) in [4.78, 5) is 2.26. The van der Waals surface area contributed by atoms with Crippen LogP contribution in [0.4, 0.5) is 0 Å². The molecule has 0 aromatic carbocycles. The Morgan fingerprint density at radius 1 is 1.35 bits per heavy atom. The summed E-state index contributed by atoms with van der Waals surface area (Å²) in [5.74, 6) is 0.839. The summed E-state index contributed by atoms with van der Waals surface area (Å²) in [6.07, 6.45) is 2.71. The summed E-state index contributed by atoms with van der Waals surface area (Å²) in [6, 6.07) is 0.